The lowest BCUT2D eigenvalue weighted by Crippen LogP contribution is -2.27. The predicted octanol–water partition coefficient (Wildman–Crippen LogP) is 0.661. The van der Waals surface area contributed by atoms with Gasteiger partial charge in [-0.1, -0.05) is 32.9 Å². The minimum absolute atomic E-state index is 0.00198. The van der Waals surface area contributed by atoms with Crippen LogP contribution in [0.3, 0.4) is 0 Å². The highest BCUT2D eigenvalue weighted by Crippen LogP contribution is 2.68. The summed E-state index contributed by atoms with van der Waals surface area (Å²) in [5, 5.41) is 19.0. The summed E-state index contributed by atoms with van der Waals surface area (Å²) < 4.78 is 1.23. The molecule has 0 aromatic carbocycles. The molecule has 7 heteroatoms. The van der Waals surface area contributed by atoms with Crippen molar-refractivity contribution < 1.29 is 14.7 Å². The molecular weight excluding hydrogens is 260 g/mol. The van der Waals surface area contributed by atoms with Gasteiger partial charge in [0.1, 0.15) is 12.2 Å². The van der Waals surface area contributed by atoms with Gasteiger partial charge >= 0.3 is 5.97 Å². The van der Waals surface area contributed by atoms with E-state index in [2.05, 4.69) is 43.3 Å². The van der Waals surface area contributed by atoms with E-state index < -0.39 is 5.97 Å². The molecule has 1 aromatic heterocycles. The second kappa shape index (κ2) is 4.57. The van der Waals surface area contributed by atoms with Gasteiger partial charge in [-0.3, -0.25) is 9.59 Å². The van der Waals surface area contributed by atoms with Crippen molar-refractivity contribution in [2.45, 2.75) is 40.8 Å². The Labute approximate surface area is 117 Å². The molecule has 1 saturated carbocycles. The van der Waals surface area contributed by atoms with E-state index in [9.17, 15) is 9.59 Å². The number of hydrogen-bond donors (Lipinski definition) is 2. The molecule has 0 bridgehead atoms. The summed E-state index contributed by atoms with van der Waals surface area (Å²) in [6, 6.07) is 0. The normalized spacial score (nSPS) is 19.6. The van der Waals surface area contributed by atoms with E-state index in [1.165, 1.54) is 10.9 Å². The Morgan fingerprint density at radius 1 is 1.35 bits per heavy atom. The molecule has 0 radical (unpaired) electrons. The van der Waals surface area contributed by atoms with E-state index >= 15 is 0 Å². The Balaban J connectivity index is 1.89. The molecule has 1 aromatic rings. The summed E-state index contributed by atoms with van der Waals surface area (Å²) in [5.41, 5.74) is 0.548. The number of carbonyl (C=O) groups excluding carboxylic acids is 1. The van der Waals surface area contributed by atoms with Crippen LogP contribution in [-0.4, -0.2) is 32.0 Å². The van der Waals surface area contributed by atoms with Crippen molar-refractivity contribution >= 4 is 11.9 Å². The molecule has 20 heavy (non-hydrogen) atoms. The van der Waals surface area contributed by atoms with Crippen molar-refractivity contribution in [3.63, 3.8) is 0 Å². The molecular formula is C13H20N4O3. The average Bonchev–Trinajstić information content (AvgIpc) is 2.64. The highest BCUT2D eigenvalue weighted by molar-refractivity contribution is 5.84. The first-order chi connectivity index (χ1) is 9.16. The number of rotatable bonds is 5. The van der Waals surface area contributed by atoms with Crippen molar-refractivity contribution in [3.8, 4) is 0 Å². The zero-order valence-electron chi connectivity index (χ0n) is 12.2. The maximum absolute atomic E-state index is 12.1. The van der Waals surface area contributed by atoms with Gasteiger partial charge in [0.25, 0.3) is 0 Å². The Hall–Kier alpha value is -1.92. The highest BCUT2D eigenvalue weighted by Gasteiger charge is 2.68. The number of amides is 1. The Bertz CT molecular complexity index is 534. The third kappa shape index (κ3) is 2.39. The summed E-state index contributed by atoms with van der Waals surface area (Å²) in [7, 11) is 0. The summed E-state index contributed by atoms with van der Waals surface area (Å²) in [5.74, 6) is -0.983. The molecule has 1 aliphatic carbocycles. The SMILES string of the molecule is CC1(C)C(C(=O)NCc2cn(CC(=O)O)nn2)C1(C)C. The molecule has 2 N–H and O–H groups in total. The highest BCUT2D eigenvalue weighted by atomic mass is 16.4. The van der Waals surface area contributed by atoms with E-state index in [1.54, 1.807) is 0 Å². The maximum atomic E-state index is 12.1. The minimum Gasteiger partial charge on any atom is -0.480 e. The maximum Gasteiger partial charge on any atom is 0.325 e. The van der Waals surface area contributed by atoms with Gasteiger partial charge in [0.05, 0.1) is 12.7 Å². The van der Waals surface area contributed by atoms with Gasteiger partial charge in [-0.25, -0.2) is 4.68 Å². The van der Waals surface area contributed by atoms with E-state index in [4.69, 9.17) is 5.11 Å². The molecule has 0 saturated heterocycles. The van der Waals surface area contributed by atoms with Gasteiger partial charge in [-0.15, -0.1) is 5.10 Å². The van der Waals surface area contributed by atoms with Gasteiger partial charge in [-0.05, 0) is 10.8 Å². The fourth-order valence-electron chi connectivity index (χ4n) is 2.77. The number of carbonyl (C=O) groups is 2. The van der Waals surface area contributed by atoms with Crippen LogP contribution in [0.5, 0.6) is 0 Å². The van der Waals surface area contributed by atoms with Crippen LogP contribution in [0.1, 0.15) is 33.4 Å². The first-order valence-electron chi connectivity index (χ1n) is 6.55. The molecule has 1 heterocycles. The van der Waals surface area contributed by atoms with Gasteiger partial charge in [0.2, 0.25) is 5.91 Å². The second-order valence-electron chi connectivity index (χ2n) is 6.40. The lowest BCUT2D eigenvalue weighted by Gasteiger charge is -2.03. The number of hydrogen-bond acceptors (Lipinski definition) is 4. The van der Waals surface area contributed by atoms with Crippen molar-refractivity contribution in [1.82, 2.24) is 20.3 Å². The van der Waals surface area contributed by atoms with E-state index in [-0.39, 0.29) is 35.7 Å². The number of carboxylic acid groups (broad SMARTS) is 1. The molecule has 1 fully saturated rings. The number of carboxylic acids is 1. The van der Waals surface area contributed by atoms with Crippen LogP contribution in [0.2, 0.25) is 0 Å². The molecule has 0 spiro atoms. The molecule has 2 rings (SSSR count). The van der Waals surface area contributed by atoms with Crippen LogP contribution in [-0.2, 0) is 22.7 Å². The first kappa shape index (κ1) is 14.5. The number of aromatic nitrogens is 3. The van der Waals surface area contributed by atoms with Gasteiger partial charge in [0, 0.05) is 5.92 Å². The topological polar surface area (TPSA) is 97.1 Å². The molecule has 1 aliphatic rings. The predicted molar refractivity (Wildman–Crippen MR) is 70.6 cm³/mol. The van der Waals surface area contributed by atoms with E-state index in [1.807, 2.05) is 0 Å². The molecule has 0 aliphatic heterocycles. The van der Waals surface area contributed by atoms with Gasteiger partial charge in [0.15, 0.2) is 0 Å². The minimum atomic E-state index is -0.980. The second-order valence-corrected chi connectivity index (χ2v) is 6.40. The number of aliphatic carboxylic acids is 1. The third-order valence-corrected chi connectivity index (χ3v) is 4.61. The van der Waals surface area contributed by atoms with Crippen LogP contribution >= 0.6 is 0 Å². The van der Waals surface area contributed by atoms with Gasteiger partial charge < -0.3 is 10.4 Å². The quantitative estimate of drug-likeness (QED) is 0.826. The molecule has 7 nitrogen and oxygen atoms in total. The molecule has 110 valence electrons. The van der Waals surface area contributed by atoms with Crippen LogP contribution in [0.15, 0.2) is 6.20 Å². The average molecular weight is 280 g/mol. The number of nitrogens with zero attached hydrogens (tertiary/aromatic N) is 3. The smallest absolute Gasteiger partial charge is 0.325 e. The largest absolute Gasteiger partial charge is 0.480 e. The number of nitrogens with one attached hydrogen (secondary N) is 1. The summed E-state index contributed by atoms with van der Waals surface area (Å²) in [6.45, 7) is 8.37. The first-order valence-corrected chi connectivity index (χ1v) is 6.55. The van der Waals surface area contributed by atoms with Crippen molar-refractivity contribution in [3.05, 3.63) is 11.9 Å². The lowest BCUT2D eigenvalue weighted by atomic mass is 10.0. The van der Waals surface area contributed by atoms with E-state index in [0.717, 1.165) is 0 Å². The molecule has 0 unspecified atom stereocenters. The fraction of sp³-hybridized carbons (Fsp3) is 0.692. The lowest BCUT2D eigenvalue weighted by molar-refractivity contribution is -0.138. The monoisotopic (exact) mass is 280 g/mol. The van der Waals surface area contributed by atoms with Gasteiger partial charge in [-0.2, -0.15) is 0 Å². The zero-order chi connectivity index (χ0) is 15.1. The Kier molecular flexibility index (Phi) is 3.31. The molecule has 1 amide bonds. The van der Waals surface area contributed by atoms with Crippen molar-refractivity contribution in [2.24, 2.45) is 16.7 Å². The van der Waals surface area contributed by atoms with Crippen LogP contribution in [0.25, 0.3) is 0 Å². The summed E-state index contributed by atoms with van der Waals surface area (Å²) in [4.78, 5) is 22.7. The zero-order valence-corrected chi connectivity index (χ0v) is 12.2. The van der Waals surface area contributed by atoms with Crippen molar-refractivity contribution in [2.75, 3.05) is 0 Å². The summed E-state index contributed by atoms with van der Waals surface area (Å²) in [6.07, 6.45) is 1.53. The van der Waals surface area contributed by atoms with Crippen molar-refractivity contribution in [1.29, 1.82) is 0 Å². The molecule has 0 atom stereocenters. The van der Waals surface area contributed by atoms with E-state index in [0.29, 0.717) is 5.69 Å². The van der Waals surface area contributed by atoms with Crippen LogP contribution < -0.4 is 5.32 Å². The summed E-state index contributed by atoms with van der Waals surface area (Å²) >= 11 is 0. The Morgan fingerprint density at radius 3 is 2.45 bits per heavy atom. The Morgan fingerprint density at radius 2 is 1.95 bits per heavy atom. The standard InChI is InChI=1S/C13H20N4O3/c1-12(2)10(13(12,3)4)11(20)14-5-8-6-17(16-15-8)7-9(18)19/h6,10H,5,7H2,1-4H3,(H,14,20)(H,18,19). The van der Waals surface area contributed by atoms with Crippen LogP contribution in [0.4, 0.5) is 0 Å². The third-order valence-electron chi connectivity index (χ3n) is 4.61. The fourth-order valence-corrected chi connectivity index (χ4v) is 2.77. The van der Waals surface area contributed by atoms with Crippen LogP contribution in [0, 0.1) is 16.7 Å².